The molecule has 3 rings (SSSR count). The lowest BCUT2D eigenvalue weighted by Gasteiger charge is -2.08. The van der Waals surface area contributed by atoms with Crippen LogP contribution in [0.1, 0.15) is 16.8 Å². The van der Waals surface area contributed by atoms with Crippen molar-refractivity contribution in [2.24, 2.45) is 0 Å². The lowest BCUT2D eigenvalue weighted by atomic mass is 10.1. The minimum atomic E-state index is -0.387. The van der Waals surface area contributed by atoms with Crippen LogP contribution in [-0.4, -0.2) is 14.9 Å². The molecule has 2 aromatic heterocycles. The van der Waals surface area contributed by atoms with Crippen LogP contribution in [0.4, 0.5) is 11.4 Å². The van der Waals surface area contributed by atoms with Gasteiger partial charge in [-0.2, -0.15) is 0 Å². The molecule has 0 spiro atoms. The number of nitro benzene ring substituents is 1. The number of nitrogens with one attached hydrogen (secondary N) is 1. The summed E-state index contributed by atoms with van der Waals surface area (Å²) in [5.74, 6) is 0. The molecule has 0 amide bonds. The average molecular weight is 314 g/mol. The second kappa shape index (κ2) is 6.07. The van der Waals surface area contributed by atoms with E-state index in [9.17, 15) is 10.1 Å². The Morgan fingerprint density at radius 1 is 1.27 bits per heavy atom. The van der Waals surface area contributed by atoms with Crippen molar-refractivity contribution in [3.63, 3.8) is 0 Å². The Labute approximate surface area is 131 Å². The molecular formula is C15H14N4O2S. The van der Waals surface area contributed by atoms with E-state index in [1.54, 1.807) is 29.7 Å². The summed E-state index contributed by atoms with van der Waals surface area (Å²) in [5, 5.41) is 16.7. The third-order valence-corrected chi connectivity index (χ3v) is 4.51. The predicted molar refractivity (Wildman–Crippen MR) is 87.2 cm³/mol. The number of aromatic nitrogens is 2. The van der Waals surface area contributed by atoms with Gasteiger partial charge in [-0.05, 0) is 18.6 Å². The van der Waals surface area contributed by atoms with Crippen LogP contribution in [0.5, 0.6) is 0 Å². The molecule has 1 N–H and O–H groups in total. The van der Waals surface area contributed by atoms with E-state index in [2.05, 4.69) is 22.2 Å². The minimum absolute atomic E-state index is 0.0659. The number of fused-ring (bicyclic) bond motifs is 1. The minimum Gasteiger partial charge on any atom is -0.378 e. The highest BCUT2D eigenvalue weighted by Crippen LogP contribution is 2.31. The normalized spacial score (nSPS) is 10.8. The van der Waals surface area contributed by atoms with Crippen LogP contribution in [0.3, 0.4) is 0 Å². The lowest BCUT2D eigenvalue weighted by Crippen LogP contribution is -2.00. The van der Waals surface area contributed by atoms with Crippen molar-refractivity contribution in [1.29, 1.82) is 0 Å². The molecule has 1 aromatic carbocycles. The van der Waals surface area contributed by atoms with Crippen molar-refractivity contribution in [2.45, 2.75) is 19.9 Å². The number of nitro groups is 1. The molecule has 0 aliphatic heterocycles. The second-order valence-electron chi connectivity index (χ2n) is 4.74. The summed E-state index contributed by atoms with van der Waals surface area (Å²) in [7, 11) is 0. The highest BCUT2D eigenvalue weighted by atomic mass is 32.1. The molecule has 0 aliphatic carbocycles. The van der Waals surface area contributed by atoms with E-state index in [0.717, 1.165) is 22.5 Å². The van der Waals surface area contributed by atoms with Gasteiger partial charge in [-0.3, -0.25) is 15.1 Å². The monoisotopic (exact) mass is 314 g/mol. The summed E-state index contributed by atoms with van der Waals surface area (Å²) >= 11 is 1.67. The number of non-ortho nitro benzene ring substituents is 1. The number of benzene rings is 1. The van der Waals surface area contributed by atoms with Gasteiger partial charge in [0.05, 0.1) is 16.9 Å². The maximum atomic E-state index is 11.1. The summed E-state index contributed by atoms with van der Waals surface area (Å²) < 4.78 is 0. The largest absolute Gasteiger partial charge is 0.378 e. The molecule has 0 saturated heterocycles. The quantitative estimate of drug-likeness (QED) is 0.572. The second-order valence-corrected chi connectivity index (χ2v) is 5.94. The number of hydrogen-bond donors (Lipinski definition) is 1. The Morgan fingerprint density at radius 3 is 2.86 bits per heavy atom. The maximum Gasteiger partial charge on any atom is 0.278 e. The van der Waals surface area contributed by atoms with Crippen molar-refractivity contribution >= 4 is 33.5 Å². The van der Waals surface area contributed by atoms with E-state index in [1.165, 1.54) is 17.1 Å². The molecule has 7 heteroatoms. The van der Waals surface area contributed by atoms with E-state index in [0.29, 0.717) is 11.9 Å². The van der Waals surface area contributed by atoms with Crippen LogP contribution >= 0.6 is 11.3 Å². The molecule has 22 heavy (non-hydrogen) atoms. The van der Waals surface area contributed by atoms with Gasteiger partial charge in [-0.15, -0.1) is 11.3 Å². The first-order chi connectivity index (χ1) is 10.7. The number of hydrogen-bond acceptors (Lipinski definition) is 6. The van der Waals surface area contributed by atoms with Crippen LogP contribution in [-0.2, 0) is 13.0 Å². The number of rotatable bonds is 5. The SMILES string of the molecule is CCc1cnc(CNc2ccc([N+](=O)[O-])c3cnccc23)s1. The first-order valence-electron chi connectivity index (χ1n) is 6.87. The van der Waals surface area contributed by atoms with E-state index in [4.69, 9.17) is 0 Å². The summed E-state index contributed by atoms with van der Waals surface area (Å²) in [4.78, 5) is 20.3. The van der Waals surface area contributed by atoms with Crippen LogP contribution in [0.2, 0.25) is 0 Å². The molecule has 3 aromatic rings. The zero-order valence-electron chi connectivity index (χ0n) is 11.9. The number of anilines is 1. The molecule has 0 atom stereocenters. The van der Waals surface area contributed by atoms with Gasteiger partial charge in [0.25, 0.3) is 5.69 Å². The lowest BCUT2D eigenvalue weighted by molar-refractivity contribution is -0.383. The molecule has 0 saturated carbocycles. The fraction of sp³-hybridized carbons (Fsp3) is 0.200. The van der Waals surface area contributed by atoms with Gasteiger partial charge < -0.3 is 5.32 Å². The van der Waals surface area contributed by atoms with Crippen LogP contribution < -0.4 is 5.32 Å². The number of pyridine rings is 1. The van der Waals surface area contributed by atoms with E-state index < -0.39 is 0 Å². The topological polar surface area (TPSA) is 81.0 Å². The first kappa shape index (κ1) is 14.4. The highest BCUT2D eigenvalue weighted by molar-refractivity contribution is 7.11. The maximum absolute atomic E-state index is 11.1. The summed E-state index contributed by atoms with van der Waals surface area (Å²) in [6, 6.07) is 5.02. The third-order valence-electron chi connectivity index (χ3n) is 3.37. The standard InChI is InChI=1S/C15H14N4O2S/c1-2-10-7-18-15(22-10)9-17-13-3-4-14(19(20)21)12-8-16-6-5-11(12)13/h3-8,17H,2,9H2,1H3. The van der Waals surface area contributed by atoms with Crippen LogP contribution in [0, 0.1) is 10.1 Å². The molecule has 0 radical (unpaired) electrons. The van der Waals surface area contributed by atoms with Gasteiger partial charge >= 0.3 is 0 Å². The zero-order valence-corrected chi connectivity index (χ0v) is 12.8. The first-order valence-corrected chi connectivity index (χ1v) is 7.69. The molecule has 112 valence electrons. The third kappa shape index (κ3) is 2.75. The summed E-state index contributed by atoms with van der Waals surface area (Å²) in [6.07, 6.45) is 6.02. The number of thiazole rings is 1. The van der Waals surface area contributed by atoms with Crippen molar-refractivity contribution in [3.8, 4) is 0 Å². The fourth-order valence-electron chi connectivity index (χ4n) is 2.25. The van der Waals surface area contributed by atoms with Gasteiger partial charge in [-0.25, -0.2) is 4.98 Å². The van der Waals surface area contributed by atoms with Gasteiger partial charge in [0.15, 0.2) is 0 Å². The zero-order chi connectivity index (χ0) is 15.5. The van der Waals surface area contributed by atoms with E-state index in [-0.39, 0.29) is 10.6 Å². The van der Waals surface area contributed by atoms with E-state index >= 15 is 0 Å². The Bertz CT molecular complexity index is 831. The average Bonchev–Trinajstić information content (AvgIpc) is 3.00. The van der Waals surface area contributed by atoms with Crippen LogP contribution in [0.15, 0.2) is 36.8 Å². The molecular weight excluding hydrogens is 300 g/mol. The summed E-state index contributed by atoms with van der Waals surface area (Å²) in [6.45, 7) is 2.70. The van der Waals surface area contributed by atoms with Crippen molar-refractivity contribution in [3.05, 3.63) is 56.8 Å². The molecule has 0 bridgehead atoms. The van der Waals surface area contributed by atoms with Gasteiger partial charge in [0.1, 0.15) is 5.01 Å². The van der Waals surface area contributed by atoms with Gasteiger partial charge in [-0.1, -0.05) is 6.92 Å². The van der Waals surface area contributed by atoms with E-state index in [1.807, 2.05) is 6.20 Å². The Morgan fingerprint density at radius 2 is 2.14 bits per heavy atom. The molecule has 2 heterocycles. The molecule has 0 fully saturated rings. The highest BCUT2D eigenvalue weighted by Gasteiger charge is 2.14. The van der Waals surface area contributed by atoms with Crippen LogP contribution in [0.25, 0.3) is 10.8 Å². The predicted octanol–water partition coefficient (Wildman–Crippen LogP) is 3.77. The molecule has 6 nitrogen and oxygen atoms in total. The molecule has 0 unspecified atom stereocenters. The van der Waals surface area contributed by atoms with Gasteiger partial charge in [0, 0.05) is 40.6 Å². The molecule has 0 aliphatic rings. The number of aryl methyl sites for hydroxylation is 1. The van der Waals surface area contributed by atoms with Gasteiger partial charge in [0.2, 0.25) is 0 Å². The van der Waals surface area contributed by atoms with Crippen molar-refractivity contribution in [2.75, 3.05) is 5.32 Å². The van der Waals surface area contributed by atoms with Crippen molar-refractivity contribution in [1.82, 2.24) is 9.97 Å². The Hall–Kier alpha value is -2.54. The Balaban J connectivity index is 1.91. The fourth-order valence-corrected chi connectivity index (χ4v) is 3.05. The summed E-state index contributed by atoms with van der Waals surface area (Å²) in [5.41, 5.74) is 0.910. The smallest absolute Gasteiger partial charge is 0.278 e. The van der Waals surface area contributed by atoms with Crippen molar-refractivity contribution < 1.29 is 4.92 Å². The number of nitrogens with zero attached hydrogens (tertiary/aromatic N) is 3. The Kier molecular flexibility index (Phi) is 3.97.